The summed E-state index contributed by atoms with van der Waals surface area (Å²) in [5.41, 5.74) is 0. The summed E-state index contributed by atoms with van der Waals surface area (Å²) >= 11 is 0. The van der Waals surface area contributed by atoms with E-state index >= 15 is 0 Å². The number of hydrogen-bond acceptors (Lipinski definition) is 32. The van der Waals surface area contributed by atoms with Gasteiger partial charge in [-0.3, -0.25) is 67.3 Å². The Kier molecular flexibility index (Phi) is 267. The maximum Gasteiger partial charge on any atom is 1.00 e. The Morgan fingerprint density at radius 1 is 0.125 bits per heavy atom. The van der Waals surface area contributed by atoms with Crippen molar-refractivity contribution >= 4 is 83.2 Å². The molecule has 56 heteroatoms. The molecule has 256 valence electrons. The molecule has 56 heavy (non-hydrogen) atoms. The fraction of sp³-hybridized carbons (Fsp3) is 0. The van der Waals surface area contributed by atoms with E-state index in [2.05, 4.69) is 0 Å². The van der Waals surface area contributed by atoms with Crippen LogP contribution in [-0.2, 0) is 83.2 Å². The van der Waals surface area contributed by atoms with Gasteiger partial charge in [0.1, 0.15) is 0 Å². The van der Waals surface area contributed by atoms with Crippen molar-refractivity contribution in [3.05, 3.63) is 0 Å². The molecule has 0 radical (unpaired) electrons. The van der Waals surface area contributed by atoms with Gasteiger partial charge in [-0.1, -0.05) is 0 Å². The molecule has 0 N–H and O–H groups in total. The Morgan fingerprint density at radius 2 is 0.125 bits per heavy atom. The van der Waals surface area contributed by atoms with Gasteiger partial charge in [0.15, 0.2) is 0 Å². The number of hydrogen-bond donors (Lipinski definition) is 0. The molecule has 0 saturated heterocycles. The zero-order valence-electron chi connectivity index (χ0n) is 32.3. The Morgan fingerprint density at radius 3 is 0.125 bits per heavy atom. The van der Waals surface area contributed by atoms with Crippen LogP contribution >= 0.6 is 0 Å². The van der Waals surface area contributed by atoms with Crippen LogP contribution in [0.4, 0.5) is 0 Å². The molecular weight excluding hydrogens is 1390 g/mol. The van der Waals surface area contributed by atoms with Crippen LogP contribution < -0.4 is 822 Å². The molecular formula is K16O32S8. The van der Waals surface area contributed by atoms with Crippen LogP contribution in [0.1, 0.15) is 0 Å². The van der Waals surface area contributed by atoms with Gasteiger partial charge in [-0.15, -0.1) is 0 Å². The molecule has 0 saturated carbocycles. The third kappa shape index (κ3) is 765. The summed E-state index contributed by atoms with van der Waals surface area (Å²) in [6.07, 6.45) is 0. The van der Waals surface area contributed by atoms with Crippen molar-refractivity contribution in [3.8, 4) is 0 Å². The van der Waals surface area contributed by atoms with Crippen LogP contribution in [0.5, 0.6) is 0 Å². The molecule has 0 rings (SSSR count). The minimum atomic E-state index is -5.17. The van der Waals surface area contributed by atoms with Crippen molar-refractivity contribution in [1.29, 1.82) is 0 Å². The van der Waals surface area contributed by atoms with Crippen LogP contribution in [0.25, 0.3) is 0 Å². The topological polar surface area (TPSA) is 642 Å². The molecule has 0 aliphatic heterocycles. The van der Waals surface area contributed by atoms with E-state index in [9.17, 15) is 0 Å². The van der Waals surface area contributed by atoms with Crippen molar-refractivity contribution < 1.29 is 962 Å². The summed E-state index contributed by atoms with van der Waals surface area (Å²) < 4.78 is 273. The maximum atomic E-state index is 8.52. The maximum absolute atomic E-state index is 8.52. The first-order chi connectivity index (χ1) is 16.0. The predicted octanol–water partition coefficient (Wildman–Crippen LogP) is -58.6. The fourth-order valence-electron chi connectivity index (χ4n) is 0. The molecule has 0 amide bonds. The van der Waals surface area contributed by atoms with E-state index in [-0.39, 0.29) is 822 Å². The van der Waals surface area contributed by atoms with Gasteiger partial charge in [-0.2, -0.15) is 0 Å². The van der Waals surface area contributed by atoms with E-state index in [1.54, 1.807) is 0 Å². The average Bonchev–Trinajstić information content (AvgIpc) is 2.16. The van der Waals surface area contributed by atoms with E-state index in [0.29, 0.717) is 0 Å². The molecule has 0 spiro atoms. The third-order valence-electron chi connectivity index (χ3n) is 0. The minimum Gasteiger partial charge on any atom is -0.759 e. The molecule has 0 aromatic carbocycles. The second kappa shape index (κ2) is 93.8. The minimum absolute atomic E-state index is 0. The Bertz CT molecular complexity index is 1100. The van der Waals surface area contributed by atoms with Gasteiger partial charge in [0.05, 0.1) is 0 Å². The smallest absolute Gasteiger partial charge is 0.759 e. The fourth-order valence-corrected chi connectivity index (χ4v) is 0. The summed E-state index contributed by atoms with van der Waals surface area (Å²) in [7, 11) is -41.3. The zero-order valence-corrected chi connectivity index (χ0v) is 88.8. The molecule has 32 nitrogen and oxygen atoms in total. The first-order valence-electron chi connectivity index (χ1n) is 5.33. The summed E-state index contributed by atoms with van der Waals surface area (Å²) in [5.74, 6) is 0. The monoisotopic (exact) mass is 1390 g/mol. The Labute approximate surface area is 1010 Å². The summed E-state index contributed by atoms with van der Waals surface area (Å²) in [6, 6.07) is 0. The van der Waals surface area contributed by atoms with Crippen molar-refractivity contribution in [2.45, 2.75) is 0 Å². The SMILES string of the molecule is O=S(=O)([O-])[O-].O=S(=O)([O-])[O-].O=S(=O)([O-])[O-].O=S(=O)([O-])[O-].O=S(=O)([O-])[O-].O=S(=O)([O-])[O-].O=S(=O)([O-])[O-].O=S(=O)([O-])[O-].[K+].[K+].[K+].[K+].[K+].[K+].[K+].[K+].[K+].[K+].[K+].[K+].[K+].[K+].[K+].[K+]. The summed E-state index contributed by atoms with van der Waals surface area (Å²) in [5, 5.41) is 0. The van der Waals surface area contributed by atoms with E-state index in [0.717, 1.165) is 0 Å². The quantitative estimate of drug-likeness (QED) is 0.123. The number of rotatable bonds is 0. The normalized spacial score (nSPS) is 8.29. The largest absolute Gasteiger partial charge is 1.00 e. The van der Waals surface area contributed by atoms with Gasteiger partial charge in [0, 0.05) is 83.2 Å². The molecule has 0 aliphatic rings. The van der Waals surface area contributed by atoms with Crippen LogP contribution in [0.15, 0.2) is 0 Å². The van der Waals surface area contributed by atoms with Crippen LogP contribution in [0.3, 0.4) is 0 Å². The third-order valence-corrected chi connectivity index (χ3v) is 0. The van der Waals surface area contributed by atoms with Crippen molar-refractivity contribution in [2.75, 3.05) is 0 Å². The van der Waals surface area contributed by atoms with Gasteiger partial charge in [-0.05, 0) is 0 Å². The van der Waals surface area contributed by atoms with Gasteiger partial charge in [0.2, 0.25) is 0 Å². The van der Waals surface area contributed by atoms with Crippen LogP contribution in [0.2, 0.25) is 0 Å². The van der Waals surface area contributed by atoms with E-state index < -0.39 is 83.2 Å². The van der Waals surface area contributed by atoms with E-state index in [1.807, 2.05) is 0 Å². The molecule has 0 atom stereocenters. The van der Waals surface area contributed by atoms with Crippen molar-refractivity contribution in [1.82, 2.24) is 0 Å². The van der Waals surface area contributed by atoms with E-state index in [4.69, 9.17) is 140 Å². The molecule has 0 aliphatic carbocycles. The van der Waals surface area contributed by atoms with Gasteiger partial charge in [0.25, 0.3) is 0 Å². The molecule has 0 aromatic rings. The first kappa shape index (κ1) is 160. The molecule has 0 aromatic heterocycles. The van der Waals surface area contributed by atoms with Crippen molar-refractivity contribution in [2.24, 2.45) is 0 Å². The summed E-state index contributed by atoms with van der Waals surface area (Å²) in [4.78, 5) is 0. The second-order valence-electron chi connectivity index (χ2n) is 3.27. The molecule has 0 unspecified atom stereocenters. The molecule has 0 fully saturated rings. The average molecular weight is 1390 g/mol. The van der Waals surface area contributed by atoms with E-state index in [1.165, 1.54) is 0 Å². The van der Waals surface area contributed by atoms with Crippen LogP contribution in [-0.4, -0.2) is 140 Å². The molecule has 0 heterocycles. The van der Waals surface area contributed by atoms with Crippen LogP contribution in [0, 0.1) is 0 Å². The standard InChI is InChI=1S/16K.8H2O4S/c;;;;;;;;;;;;;;;;8*1-5(2,3)4/h;;;;;;;;;;;;;;;;8*(H2,1,2,3,4)/q16*+1;;;;;;;;/p-16. The molecule has 0 bridgehead atoms. The van der Waals surface area contributed by atoms with Gasteiger partial charge >= 0.3 is 822 Å². The van der Waals surface area contributed by atoms with Crippen molar-refractivity contribution in [3.63, 3.8) is 0 Å². The predicted molar refractivity (Wildman–Crippen MR) is 83.8 cm³/mol. The Balaban J connectivity index is -0.00000000913. The summed E-state index contributed by atoms with van der Waals surface area (Å²) in [6.45, 7) is 0. The van der Waals surface area contributed by atoms with Gasteiger partial charge < -0.3 is 72.8 Å². The second-order valence-corrected chi connectivity index (χ2v) is 9.80. The first-order valence-corrected chi connectivity index (χ1v) is 16.0. The van der Waals surface area contributed by atoms with Gasteiger partial charge in [-0.25, -0.2) is 0 Å². The Hall–Kier alpha value is 25.1. The zero-order chi connectivity index (χ0) is 36.0.